The third-order valence-electron chi connectivity index (χ3n) is 3.22. The first-order valence-electron chi connectivity index (χ1n) is 7.23. The number of nitro groups is 1. The molecule has 1 heterocycles. The predicted octanol–water partition coefficient (Wildman–Crippen LogP) is 3.32. The highest BCUT2D eigenvalue weighted by Gasteiger charge is 2.20. The number of esters is 1. The first-order chi connectivity index (χ1) is 11.4. The van der Waals surface area contributed by atoms with Crippen LogP contribution in [0.25, 0.3) is 0 Å². The zero-order valence-corrected chi connectivity index (χ0v) is 14.0. The van der Waals surface area contributed by atoms with Gasteiger partial charge in [0.1, 0.15) is 0 Å². The Morgan fingerprint density at radius 3 is 2.62 bits per heavy atom. The van der Waals surface area contributed by atoms with Crippen LogP contribution in [0, 0.1) is 10.1 Å². The van der Waals surface area contributed by atoms with Gasteiger partial charge < -0.3 is 10.1 Å². The molecule has 0 aliphatic rings. The molecule has 2 aromatic rings. The van der Waals surface area contributed by atoms with Crippen LogP contribution in [0.4, 0.5) is 5.69 Å². The van der Waals surface area contributed by atoms with Crippen LogP contribution in [0.5, 0.6) is 0 Å². The molecule has 0 spiro atoms. The van der Waals surface area contributed by atoms with Crippen molar-refractivity contribution in [2.24, 2.45) is 0 Å². The summed E-state index contributed by atoms with van der Waals surface area (Å²) in [5, 5.41) is 15.7. The van der Waals surface area contributed by atoms with Gasteiger partial charge in [-0.2, -0.15) is 0 Å². The Labute approximate surface area is 142 Å². The molecule has 0 saturated carbocycles. The Kier molecular flexibility index (Phi) is 5.64. The van der Waals surface area contributed by atoms with E-state index in [-0.39, 0.29) is 29.5 Å². The molecule has 24 heavy (non-hydrogen) atoms. The Bertz CT molecular complexity index is 758. The Hall–Kier alpha value is -2.74. The van der Waals surface area contributed by atoms with Crippen molar-refractivity contribution in [3.8, 4) is 0 Å². The van der Waals surface area contributed by atoms with Crippen molar-refractivity contribution >= 4 is 28.9 Å². The third kappa shape index (κ3) is 4.17. The van der Waals surface area contributed by atoms with Gasteiger partial charge in [0.05, 0.1) is 23.1 Å². The van der Waals surface area contributed by atoms with Crippen LogP contribution in [-0.4, -0.2) is 23.4 Å². The quantitative estimate of drug-likeness (QED) is 0.490. The molecule has 2 rings (SSSR count). The number of benzene rings is 1. The van der Waals surface area contributed by atoms with Crippen LogP contribution < -0.4 is 5.32 Å². The zero-order chi connectivity index (χ0) is 17.7. The Morgan fingerprint density at radius 1 is 1.33 bits per heavy atom. The van der Waals surface area contributed by atoms with Crippen molar-refractivity contribution in [2.45, 2.75) is 19.9 Å². The molecule has 0 saturated heterocycles. The molecule has 0 aliphatic carbocycles. The lowest BCUT2D eigenvalue weighted by atomic mass is 10.1. The van der Waals surface area contributed by atoms with Crippen LogP contribution in [0.3, 0.4) is 0 Å². The fraction of sp³-hybridized carbons (Fsp3) is 0.250. The van der Waals surface area contributed by atoms with Crippen LogP contribution in [-0.2, 0) is 4.74 Å². The maximum absolute atomic E-state index is 12.4. The molecule has 1 aromatic heterocycles. The van der Waals surface area contributed by atoms with Gasteiger partial charge in [-0.3, -0.25) is 14.9 Å². The second-order valence-corrected chi connectivity index (χ2v) is 5.94. The fourth-order valence-corrected chi connectivity index (χ4v) is 2.80. The maximum atomic E-state index is 12.4. The van der Waals surface area contributed by atoms with E-state index in [4.69, 9.17) is 4.74 Å². The largest absolute Gasteiger partial charge is 0.462 e. The molecule has 0 aliphatic heterocycles. The van der Waals surface area contributed by atoms with E-state index in [0.717, 1.165) is 17.0 Å². The number of thiophene rings is 1. The number of carbonyl (C=O) groups excluding carboxylic acids is 2. The number of ether oxygens (including phenoxy) is 1. The summed E-state index contributed by atoms with van der Waals surface area (Å²) in [7, 11) is 0. The molecule has 0 fully saturated rings. The SMILES string of the molecule is CCOC(=O)c1cc(C(=O)NC(C)c2cccs2)cc([N+](=O)[O-])c1. The molecule has 8 heteroatoms. The highest BCUT2D eigenvalue weighted by Crippen LogP contribution is 2.21. The lowest BCUT2D eigenvalue weighted by molar-refractivity contribution is -0.384. The smallest absolute Gasteiger partial charge is 0.338 e. The van der Waals surface area contributed by atoms with Crippen molar-refractivity contribution in [3.63, 3.8) is 0 Å². The van der Waals surface area contributed by atoms with E-state index in [1.807, 2.05) is 24.4 Å². The molecule has 1 unspecified atom stereocenters. The number of hydrogen-bond acceptors (Lipinski definition) is 6. The average molecular weight is 348 g/mol. The van der Waals surface area contributed by atoms with Gasteiger partial charge in [0.15, 0.2) is 0 Å². The van der Waals surface area contributed by atoms with Gasteiger partial charge in [0.25, 0.3) is 11.6 Å². The molecule has 1 aromatic carbocycles. The van der Waals surface area contributed by atoms with Gasteiger partial charge in [0.2, 0.25) is 0 Å². The van der Waals surface area contributed by atoms with E-state index in [1.165, 1.54) is 17.4 Å². The first kappa shape index (κ1) is 17.6. The lowest BCUT2D eigenvalue weighted by Crippen LogP contribution is -2.26. The number of non-ortho nitro benzene ring substituents is 1. The standard InChI is InChI=1S/C16H16N2O5S/c1-3-23-16(20)12-7-11(8-13(9-12)18(21)22)15(19)17-10(2)14-5-4-6-24-14/h4-10H,3H2,1-2H3,(H,17,19). The normalized spacial score (nSPS) is 11.6. The minimum absolute atomic E-state index is 0.0278. The van der Waals surface area contributed by atoms with Crippen LogP contribution in [0.2, 0.25) is 0 Å². The number of nitrogens with zero attached hydrogens (tertiary/aromatic N) is 1. The van der Waals surface area contributed by atoms with Crippen LogP contribution in [0.15, 0.2) is 35.7 Å². The van der Waals surface area contributed by atoms with Gasteiger partial charge in [-0.25, -0.2) is 4.79 Å². The van der Waals surface area contributed by atoms with Gasteiger partial charge in [-0.1, -0.05) is 6.07 Å². The summed E-state index contributed by atoms with van der Waals surface area (Å²) in [4.78, 5) is 35.6. The molecule has 7 nitrogen and oxygen atoms in total. The van der Waals surface area contributed by atoms with Gasteiger partial charge >= 0.3 is 5.97 Å². The second kappa shape index (κ2) is 7.69. The van der Waals surface area contributed by atoms with E-state index in [2.05, 4.69) is 5.32 Å². The fourth-order valence-electron chi connectivity index (χ4n) is 2.07. The van der Waals surface area contributed by atoms with Crippen LogP contribution >= 0.6 is 11.3 Å². The monoisotopic (exact) mass is 348 g/mol. The summed E-state index contributed by atoms with van der Waals surface area (Å²) in [5.41, 5.74) is -0.329. The molecular formula is C16H16N2O5S. The topological polar surface area (TPSA) is 98.5 Å². The van der Waals surface area contributed by atoms with Crippen molar-refractivity contribution in [3.05, 3.63) is 61.8 Å². The molecule has 126 valence electrons. The van der Waals surface area contributed by atoms with Crippen LogP contribution in [0.1, 0.15) is 45.5 Å². The number of nitro benzene ring substituents is 1. The summed E-state index contributed by atoms with van der Waals surface area (Å²) in [6, 6.07) is 7.03. The molecule has 1 atom stereocenters. The predicted molar refractivity (Wildman–Crippen MR) is 89.3 cm³/mol. The zero-order valence-electron chi connectivity index (χ0n) is 13.1. The molecular weight excluding hydrogens is 332 g/mol. The summed E-state index contributed by atoms with van der Waals surface area (Å²) in [6.45, 7) is 3.58. The number of nitrogens with one attached hydrogen (secondary N) is 1. The maximum Gasteiger partial charge on any atom is 0.338 e. The van der Waals surface area contributed by atoms with Crippen molar-refractivity contribution in [1.82, 2.24) is 5.32 Å². The third-order valence-corrected chi connectivity index (χ3v) is 4.27. The molecule has 0 radical (unpaired) electrons. The van der Waals surface area contributed by atoms with Crippen molar-refractivity contribution in [1.29, 1.82) is 0 Å². The van der Waals surface area contributed by atoms with Crippen molar-refractivity contribution < 1.29 is 19.2 Å². The highest BCUT2D eigenvalue weighted by molar-refractivity contribution is 7.10. The number of hydrogen-bond donors (Lipinski definition) is 1. The van der Waals surface area contributed by atoms with Gasteiger partial charge in [-0.15, -0.1) is 11.3 Å². The summed E-state index contributed by atoms with van der Waals surface area (Å²) < 4.78 is 4.85. The van der Waals surface area contributed by atoms with Crippen molar-refractivity contribution in [2.75, 3.05) is 6.61 Å². The van der Waals surface area contributed by atoms with E-state index >= 15 is 0 Å². The molecule has 1 amide bonds. The van der Waals surface area contributed by atoms with E-state index in [0.29, 0.717) is 0 Å². The number of rotatable bonds is 6. The summed E-state index contributed by atoms with van der Waals surface area (Å²) in [5.74, 6) is -1.20. The summed E-state index contributed by atoms with van der Waals surface area (Å²) >= 11 is 1.49. The molecule has 1 N–H and O–H groups in total. The first-order valence-corrected chi connectivity index (χ1v) is 8.11. The highest BCUT2D eigenvalue weighted by atomic mass is 32.1. The lowest BCUT2D eigenvalue weighted by Gasteiger charge is -2.12. The van der Waals surface area contributed by atoms with Gasteiger partial charge in [-0.05, 0) is 31.4 Å². The van der Waals surface area contributed by atoms with E-state index < -0.39 is 16.8 Å². The Balaban J connectivity index is 2.28. The van der Waals surface area contributed by atoms with E-state index in [1.54, 1.807) is 6.92 Å². The summed E-state index contributed by atoms with van der Waals surface area (Å²) in [6.07, 6.45) is 0. The Morgan fingerprint density at radius 2 is 2.04 bits per heavy atom. The second-order valence-electron chi connectivity index (χ2n) is 4.96. The number of carbonyl (C=O) groups is 2. The van der Waals surface area contributed by atoms with Gasteiger partial charge in [0, 0.05) is 22.6 Å². The number of amides is 1. The van der Waals surface area contributed by atoms with E-state index in [9.17, 15) is 19.7 Å². The minimum atomic E-state index is -0.707. The average Bonchev–Trinajstić information content (AvgIpc) is 3.09. The minimum Gasteiger partial charge on any atom is -0.462 e. The molecule has 0 bridgehead atoms.